The van der Waals surface area contributed by atoms with Gasteiger partial charge in [-0.25, -0.2) is 4.98 Å². The van der Waals surface area contributed by atoms with Crippen LogP contribution >= 0.6 is 0 Å². The van der Waals surface area contributed by atoms with Crippen LogP contribution in [0.1, 0.15) is 55.0 Å². The lowest BCUT2D eigenvalue weighted by atomic mass is 9.79. The normalized spacial score (nSPS) is 17.1. The number of imidazole rings is 1. The van der Waals surface area contributed by atoms with Gasteiger partial charge in [-0.3, -0.25) is 4.57 Å². The van der Waals surface area contributed by atoms with E-state index in [0.29, 0.717) is 0 Å². The van der Waals surface area contributed by atoms with Crippen molar-refractivity contribution in [2.75, 3.05) is 21.3 Å². The molecule has 3 aromatic carbocycles. The molecule has 5 heteroatoms. The Balaban J connectivity index is 1.82. The molecule has 0 amide bonds. The van der Waals surface area contributed by atoms with Gasteiger partial charge in [-0.05, 0) is 53.9 Å². The van der Waals surface area contributed by atoms with E-state index in [0.717, 1.165) is 64.6 Å². The maximum atomic E-state index is 5.84. The minimum atomic E-state index is 0.209. The minimum absolute atomic E-state index is 0.209. The zero-order valence-corrected chi connectivity index (χ0v) is 20.8. The lowest BCUT2D eigenvalue weighted by Crippen LogP contribution is -2.21. The van der Waals surface area contributed by atoms with Crippen molar-refractivity contribution < 1.29 is 14.2 Å². The Hall–Kier alpha value is -3.73. The highest BCUT2D eigenvalue weighted by molar-refractivity contribution is 5.93. The second-order valence-corrected chi connectivity index (χ2v) is 8.94. The average Bonchev–Trinajstić information content (AvgIpc) is 3.32. The monoisotopic (exact) mass is 468 g/mol. The molecule has 1 aliphatic rings. The number of methoxy groups -OCH3 is 3. The van der Waals surface area contributed by atoms with Gasteiger partial charge in [0.25, 0.3) is 0 Å². The molecule has 5 rings (SSSR count). The first-order valence-corrected chi connectivity index (χ1v) is 12.2. The van der Waals surface area contributed by atoms with E-state index < -0.39 is 0 Å². The molecule has 0 saturated carbocycles. The maximum absolute atomic E-state index is 5.84. The van der Waals surface area contributed by atoms with Gasteiger partial charge >= 0.3 is 0 Å². The predicted octanol–water partition coefficient (Wildman–Crippen LogP) is 7.02. The minimum Gasteiger partial charge on any atom is -0.497 e. The van der Waals surface area contributed by atoms with Crippen LogP contribution in [-0.2, 0) is 0 Å². The highest BCUT2D eigenvalue weighted by Crippen LogP contribution is 2.48. The van der Waals surface area contributed by atoms with E-state index in [9.17, 15) is 0 Å². The molecule has 35 heavy (non-hydrogen) atoms. The molecule has 2 heterocycles. The largest absolute Gasteiger partial charge is 0.497 e. The Morgan fingerprint density at radius 1 is 0.829 bits per heavy atom. The van der Waals surface area contributed by atoms with Gasteiger partial charge in [0.05, 0.1) is 27.0 Å². The van der Waals surface area contributed by atoms with Crippen molar-refractivity contribution in [3.8, 4) is 17.2 Å². The molecule has 2 atom stereocenters. The molecular formula is C30H32N2O3. The molecule has 0 spiro atoms. The van der Waals surface area contributed by atoms with Crippen LogP contribution in [-0.4, -0.2) is 30.9 Å². The molecule has 4 aromatic rings. The number of hydrogen-bond donors (Lipinski definition) is 0. The highest BCUT2D eigenvalue weighted by Gasteiger charge is 2.35. The zero-order chi connectivity index (χ0) is 24.4. The van der Waals surface area contributed by atoms with Gasteiger partial charge < -0.3 is 14.2 Å². The van der Waals surface area contributed by atoms with Crippen molar-refractivity contribution in [1.29, 1.82) is 0 Å². The molecule has 0 saturated heterocycles. The van der Waals surface area contributed by atoms with Crippen LogP contribution in [0.5, 0.6) is 17.2 Å². The van der Waals surface area contributed by atoms with Crippen molar-refractivity contribution >= 4 is 16.7 Å². The summed E-state index contributed by atoms with van der Waals surface area (Å²) in [5, 5.41) is 0. The first kappa shape index (κ1) is 23.0. The Labute approximate surface area is 207 Å². The van der Waals surface area contributed by atoms with E-state index in [2.05, 4.69) is 60.0 Å². The topological polar surface area (TPSA) is 45.5 Å². The molecule has 0 radical (unpaired) electrons. The average molecular weight is 469 g/mol. The predicted molar refractivity (Wildman–Crippen MR) is 141 cm³/mol. The van der Waals surface area contributed by atoms with Gasteiger partial charge in [0.1, 0.15) is 34.1 Å². The molecular weight excluding hydrogens is 436 g/mol. The molecule has 0 bridgehead atoms. The fourth-order valence-corrected chi connectivity index (χ4v) is 5.21. The summed E-state index contributed by atoms with van der Waals surface area (Å²) in [6, 6.07) is 22.9. The van der Waals surface area contributed by atoms with Crippen molar-refractivity contribution in [1.82, 2.24) is 9.55 Å². The third kappa shape index (κ3) is 4.05. The van der Waals surface area contributed by atoms with Crippen molar-refractivity contribution in [3.63, 3.8) is 0 Å². The number of unbranched alkanes of at least 4 members (excludes halogenated alkanes) is 1. The third-order valence-corrected chi connectivity index (χ3v) is 6.98. The Morgan fingerprint density at radius 2 is 1.54 bits per heavy atom. The summed E-state index contributed by atoms with van der Waals surface area (Å²) in [4.78, 5) is 5.24. The van der Waals surface area contributed by atoms with Gasteiger partial charge in [0.15, 0.2) is 0 Å². The quantitative estimate of drug-likeness (QED) is 0.279. The SMILES string of the molecule is CCCCC1c2nc3c(OC)ccc(OC)c3n2C(c2ccc(OC)cc2)=CC1c1ccccc1. The van der Waals surface area contributed by atoms with Crippen LogP contribution in [0.2, 0.25) is 0 Å². The Morgan fingerprint density at radius 3 is 2.20 bits per heavy atom. The summed E-state index contributed by atoms with van der Waals surface area (Å²) in [5.74, 6) is 3.87. The smallest absolute Gasteiger partial charge is 0.146 e. The molecule has 2 unspecified atom stereocenters. The van der Waals surface area contributed by atoms with Gasteiger partial charge in [-0.1, -0.05) is 56.2 Å². The number of hydrogen-bond acceptors (Lipinski definition) is 4. The number of fused-ring (bicyclic) bond motifs is 3. The van der Waals surface area contributed by atoms with Crippen LogP contribution < -0.4 is 14.2 Å². The van der Waals surface area contributed by atoms with Crippen LogP contribution in [0.4, 0.5) is 0 Å². The lowest BCUT2D eigenvalue weighted by Gasteiger charge is -2.32. The zero-order valence-electron chi connectivity index (χ0n) is 20.8. The van der Waals surface area contributed by atoms with E-state index in [-0.39, 0.29) is 11.8 Å². The molecule has 0 fully saturated rings. The third-order valence-electron chi connectivity index (χ3n) is 6.98. The molecule has 1 aromatic heterocycles. The number of allylic oxidation sites excluding steroid dienone is 1. The first-order valence-electron chi connectivity index (χ1n) is 12.2. The van der Waals surface area contributed by atoms with Gasteiger partial charge in [-0.2, -0.15) is 0 Å². The number of nitrogens with zero attached hydrogens (tertiary/aromatic N) is 2. The van der Waals surface area contributed by atoms with Gasteiger partial charge in [0.2, 0.25) is 0 Å². The van der Waals surface area contributed by atoms with Crippen molar-refractivity contribution in [2.45, 2.75) is 38.0 Å². The summed E-state index contributed by atoms with van der Waals surface area (Å²) in [7, 11) is 5.10. The van der Waals surface area contributed by atoms with E-state index in [4.69, 9.17) is 19.2 Å². The van der Waals surface area contributed by atoms with E-state index >= 15 is 0 Å². The maximum Gasteiger partial charge on any atom is 0.146 e. The van der Waals surface area contributed by atoms with E-state index in [1.54, 1.807) is 21.3 Å². The summed E-state index contributed by atoms with van der Waals surface area (Å²) in [6.07, 6.45) is 5.73. The lowest BCUT2D eigenvalue weighted by molar-refractivity contribution is 0.409. The van der Waals surface area contributed by atoms with Crippen LogP contribution in [0, 0.1) is 0 Å². The summed E-state index contributed by atoms with van der Waals surface area (Å²) in [5.41, 5.74) is 5.27. The van der Waals surface area contributed by atoms with Crippen molar-refractivity contribution in [3.05, 3.63) is 89.8 Å². The Bertz CT molecular complexity index is 1340. The second-order valence-electron chi connectivity index (χ2n) is 8.94. The van der Waals surface area contributed by atoms with Gasteiger partial charge in [0, 0.05) is 11.8 Å². The number of benzene rings is 3. The Kier molecular flexibility index (Phi) is 6.49. The number of rotatable bonds is 8. The summed E-state index contributed by atoms with van der Waals surface area (Å²) < 4.78 is 19.3. The fraction of sp³-hybridized carbons (Fsp3) is 0.300. The van der Waals surface area contributed by atoms with Gasteiger partial charge in [-0.15, -0.1) is 0 Å². The molecule has 180 valence electrons. The molecule has 0 aliphatic carbocycles. The second kappa shape index (κ2) is 9.87. The highest BCUT2D eigenvalue weighted by atomic mass is 16.5. The molecule has 5 nitrogen and oxygen atoms in total. The summed E-state index contributed by atoms with van der Waals surface area (Å²) in [6.45, 7) is 2.24. The molecule has 1 aliphatic heterocycles. The standard InChI is InChI=1S/C30H32N2O3/c1-5-6-12-23-24(20-10-8-7-9-11-20)19-25(21-13-15-22(33-2)16-14-21)32-29-27(35-4)18-17-26(34-3)28(29)31-30(23)32/h7-11,13-19,23-24H,5-6,12H2,1-4H3. The number of ether oxygens (including phenoxy) is 3. The van der Waals surface area contributed by atoms with E-state index in [1.165, 1.54) is 5.56 Å². The number of aromatic nitrogens is 2. The van der Waals surface area contributed by atoms with Crippen molar-refractivity contribution in [2.24, 2.45) is 0 Å². The molecule has 0 N–H and O–H groups in total. The fourth-order valence-electron chi connectivity index (χ4n) is 5.21. The first-order chi connectivity index (χ1) is 17.2. The summed E-state index contributed by atoms with van der Waals surface area (Å²) >= 11 is 0. The van der Waals surface area contributed by atoms with Crippen LogP contribution in [0.3, 0.4) is 0 Å². The van der Waals surface area contributed by atoms with Crippen LogP contribution in [0.25, 0.3) is 16.7 Å². The van der Waals surface area contributed by atoms with Crippen LogP contribution in [0.15, 0.2) is 72.8 Å². The van der Waals surface area contributed by atoms with E-state index in [1.807, 2.05) is 24.3 Å².